The minimum absolute atomic E-state index is 0.297. The molecule has 3 rings (SSSR count). The summed E-state index contributed by atoms with van der Waals surface area (Å²) in [7, 11) is 1.72. The van der Waals surface area contributed by atoms with Crippen LogP contribution < -0.4 is 10.5 Å². The van der Waals surface area contributed by atoms with Crippen LogP contribution in [0, 0.1) is 11.3 Å². The summed E-state index contributed by atoms with van der Waals surface area (Å²) >= 11 is 1.68. The molecule has 0 bridgehead atoms. The molecule has 1 unspecified atom stereocenters. The lowest BCUT2D eigenvalue weighted by atomic mass is 10.0. The predicted octanol–water partition coefficient (Wildman–Crippen LogP) is 2.86. The second-order valence-corrected chi connectivity index (χ2v) is 6.99. The summed E-state index contributed by atoms with van der Waals surface area (Å²) in [6.07, 6.45) is 0. The third-order valence-electron chi connectivity index (χ3n) is 4.47. The van der Waals surface area contributed by atoms with Gasteiger partial charge in [-0.05, 0) is 34.9 Å². The molecule has 1 heterocycles. The van der Waals surface area contributed by atoms with E-state index in [1.165, 1.54) is 5.56 Å². The van der Waals surface area contributed by atoms with Gasteiger partial charge in [0.2, 0.25) is 0 Å². The number of thioether (sulfide) groups is 1. The van der Waals surface area contributed by atoms with Crippen LogP contribution in [0.15, 0.2) is 29.3 Å². The SMILES string of the molecule is COc1cccc([C@@H]2[C@@H](C3CSC(N)=N3)C2(C)C)c1. The standard InChI is InChI=1S/C15H20N2OS/c1-15(2)12(9-5-4-6-10(7-9)18-3)13(15)11-8-19-14(16)17-11/h4-7,11-13H,8H2,1-3H3,(H2,16,17)/t11?,12-,13-/m1/s1. The Kier molecular flexibility index (Phi) is 3.01. The van der Waals surface area contributed by atoms with Crippen molar-refractivity contribution in [3.63, 3.8) is 0 Å². The topological polar surface area (TPSA) is 47.6 Å². The molecule has 0 saturated heterocycles. The molecule has 1 aliphatic heterocycles. The number of ether oxygens (including phenoxy) is 1. The molecule has 0 spiro atoms. The van der Waals surface area contributed by atoms with E-state index < -0.39 is 0 Å². The molecule has 1 saturated carbocycles. The van der Waals surface area contributed by atoms with Crippen LogP contribution in [0.25, 0.3) is 0 Å². The number of aliphatic imine (C=N–C) groups is 1. The number of nitrogens with two attached hydrogens (primary N) is 1. The van der Waals surface area contributed by atoms with Crippen LogP contribution in [0.4, 0.5) is 0 Å². The minimum atomic E-state index is 0.297. The summed E-state index contributed by atoms with van der Waals surface area (Å²) in [6.45, 7) is 4.66. The van der Waals surface area contributed by atoms with Gasteiger partial charge in [-0.15, -0.1) is 0 Å². The third-order valence-corrected chi connectivity index (χ3v) is 5.38. The molecule has 19 heavy (non-hydrogen) atoms. The van der Waals surface area contributed by atoms with E-state index in [1.807, 2.05) is 6.07 Å². The lowest BCUT2D eigenvalue weighted by molar-refractivity contribution is 0.414. The Bertz CT molecular complexity index is 527. The molecule has 102 valence electrons. The van der Waals surface area contributed by atoms with Crippen molar-refractivity contribution in [2.24, 2.45) is 22.1 Å². The molecule has 1 aromatic rings. The van der Waals surface area contributed by atoms with Crippen LogP contribution in [-0.4, -0.2) is 24.1 Å². The molecular weight excluding hydrogens is 256 g/mol. The molecule has 2 N–H and O–H groups in total. The van der Waals surface area contributed by atoms with Crippen molar-refractivity contribution in [1.29, 1.82) is 0 Å². The zero-order valence-electron chi connectivity index (χ0n) is 11.6. The van der Waals surface area contributed by atoms with E-state index in [-0.39, 0.29) is 0 Å². The molecule has 3 nitrogen and oxygen atoms in total. The molecule has 0 aromatic heterocycles. The van der Waals surface area contributed by atoms with E-state index >= 15 is 0 Å². The quantitative estimate of drug-likeness (QED) is 0.923. The first-order valence-electron chi connectivity index (χ1n) is 6.64. The van der Waals surface area contributed by atoms with Crippen molar-refractivity contribution in [2.75, 3.05) is 12.9 Å². The van der Waals surface area contributed by atoms with Crippen LogP contribution in [-0.2, 0) is 0 Å². The third kappa shape index (κ3) is 2.12. The van der Waals surface area contributed by atoms with Crippen molar-refractivity contribution in [3.05, 3.63) is 29.8 Å². The van der Waals surface area contributed by atoms with Crippen LogP contribution in [0.3, 0.4) is 0 Å². The van der Waals surface area contributed by atoms with Crippen LogP contribution >= 0.6 is 11.8 Å². The second kappa shape index (κ2) is 4.44. The Balaban J connectivity index is 1.85. The fourth-order valence-electron chi connectivity index (χ4n) is 3.46. The highest BCUT2D eigenvalue weighted by molar-refractivity contribution is 8.14. The molecule has 3 atom stereocenters. The Morgan fingerprint density at radius 2 is 2.21 bits per heavy atom. The van der Waals surface area contributed by atoms with E-state index in [9.17, 15) is 0 Å². The molecule has 1 aliphatic carbocycles. The summed E-state index contributed by atoms with van der Waals surface area (Å²) in [5, 5.41) is 0.747. The highest BCUT2D eigenvalue weighted by atomic mass is 32.2. The first-order chi connectivity index (χ1) is 9.04. The lowest BCUT2D eigenvalue weighted by Crippen LogP contribution is -2.11. The first-order valence-corrected chi connectivity index (χ1v) is 7.62. The fourth-order valence-corrected chi connectivity index (χ4v) is 4.29. The van der Waals surface area contributed by atoms with Gasteiger partial charge < -0.3 is 10.5 Å². The number of hydrogen-bond acceptors (Lipinski definition) is 4. The molecule has 0 radical (unpaired) electrons. The van der Waals surface area contributed by atoms with E-state index in [4.69, 9.17) is 10.5 Å². The number of methoxy groups -OCH3 is 1. The van der Waals surface area contributed by atoms with Gasteiger partial charge in [-0.3, -0.25) is 4.99 Å². The van der Waals surface area contributed by atoms with Gasteiger partial charge in [0.15, 0.2) is 5.17 Å². The maximum Gasteiger partial charge on any atom is 0.154 e. The summed E-state index contributed by atoms with van der Waals surface area (Å²) in [5.41, 5.74) is 7.46. The van der Waals surface area contributed by atoms with Gasteiger partial charge in [0.1, 0.15) is 5.75 Å². The average molecular weight is 276 g/mol. The smallest absolute Gasteiger partial charge is 0.154 e. The molecule has 1 fully saturated rings. The Morgan fingerprint density at radius 3 is 2.84 bits per heavy atom. The maximum absolute atomic E-state index is 5.80. The lowest BCUT2D eigenvalue weighted by Gasteiger charge is -2.06. The van der Waals surface area contributed by atoms with Crippen LogP contribution in [0.2, 0.25) is 0 Å². The maximum atomic E-state index is 5.80. The predicted molar refractivity (Wildman–Crippen MR) is 80.9 cm³/mol. The summed E-state index contributed by atoms with van der Waals surface area (Å²) in [6, 6.07) is 8.79. The van der Waals surface area contributed by atoms with Gasteiger partial charge in [0.05, 0.1) is 13.2 Å². The first kappa shape index (κ1) is 12.9. The van der Waals surface area contributed by atoms with Crippen LogP contribution in [0.5, 0.6) is 5.75 Å². The van der Waals surface area contributed by atoms with Crippen molar-refractivity contribution in [3.8, 4) is 5.75 Å². The number of nitrogens with zero attached hydrogens (tertiary/aromatic N) is 1. The number of hydrogen-bond donors (Lipinski definition) is 1. The van der Waals surface area contributed by atoms with E-state index in [2.05, 4.69) is 37.0 Å². The summed E-state index contributed by atoms with van der Waals surface area (Å²) in [4.78, 5) is 4.59. The van der Waals surface area contributed by atoms with Crippen molar-refractivity contribution < 1.29 is 4.74 Å². The number of benzene rings is 1. The van der Waals surface area contributed by atoms with Crippen molar-refractivity contribution in [1.82, 2.24) is 0 Å². The van der Waals surface area contributed by atoms with Gasteiger partial charge in [-0.1, -0.05) is 37.7 Å². The molecule has 2 aliphatic rings. The van der Waals surface area contributed by atoms with E-state index in [1.54, 1.807) is 18.9 Å². The van der Waals surface area contributed by atoms with Gasteiger partial charge >= 0.3 is 0 Å². The zero-order chi connectivity index (χ0) is 13.6. The van der Waals surface area contributed by atoms with Crippen LogP contribution in [0.1, 0.15) is 25.3 Å². The molecule has 0 amide bonds. The zero-order valence-corrected chi connectivity index (χ0v) is 12.4. The summed E-state index contributed by atoms with van der Waals surface area (Å²) < 4.78 is 5.33. The minimum Gasteiger partial charge on any atom is -0.497 e. The normalized spacial score (nSPS) is 31.9. The van der Waals surface area contributed by atoms with Crippen molar-refractivity contribution >= 4 is 16.9 Å². The second-order valence-electron chi connectivity index (χ2n) is 5.95. The van der Waals surface area contributed by atoms with E-state index in [0.717, 1.165) is 16.7 Å². The van der Waals surface area contributed by atoms with Gasteiger partial charge in [0, 0.05) is 5.75 Å². The van der Waals surface area contributed by atoms with Gasteiger partial charge in [0.25, 0.3) is 0 Å². The highest BCUT2D eigenvalue weighted by Crippen LogP contribution is 2.67. The highest BCUT2D eigenvalue weighted by Gasteiger charge is 2.61. The van der Waals surface area contributed by atoms with Crippen molar-refractivity contribution in [2.45, 2.75) is 25.8 Å². The average Bonchev–Trinajstić information content (AvgIpc) is 2.73. The number of amidine groups is 1. The van der Waals surface area contributed by atoms with Gasteiger partial charge in [-0.25, -0.2) is 0 Å². The Labute approximate surface area is 118 Å². The molecule has 4 heteroatoms. The monoisotopic (exact) mass is 276 g/mol. The van der Waals surface area contributed by atoms with Gasteiger partial charge in [-0.2, -0.15) is 0 Å². The molecule has 1 aromatic carbocycles. The fraction of sp³-hybridized carbons (Fsp3) is 0.533. The summed E-state index contributed by atoms with van der Waals surface area (Å²) in [5.74, 6) is 3.11. The largest absolute Gasteiger partial charge is 0.497 e. The Morgan fingerprint density at radius 1 is 1.42 bits per heavy atom. The number of rotatable bonds is 3. The molecular formula is C15H20N2OS. The Hall–Kier alpha value is -1.16. The van der Waals surface area contributed by atoms with E-state index in [0.29, 0.717) is 23.3 Å².